The van der Waals surface area contributed by atoms with Gasteiger partial charge in [-0.05, 0) is 62.2 Å². The summed E-state index contributed by atoms with van der Waals surface area (Å²) in [7, 11) is 1.58. The molecular weight excluding hydrogens is 418 g/mol. The van der Waals surface area contributed by atoms with E-state index in [1.165, 1.54) is 4.90 Å². The molecule has 0 bridgehead atoms. The van der Waals surface area contributed by atoms with Crippen LogP contribution in [-0.4, -0.2) is 48.1 Å². The predicted molar refractivity (Wildman–Crippen MR) is 119 cm³/mol. The number of aliphatic hydroxyl groups excluding tert-OH is 1. The Bertz CT molecular complexity index is 966. The Labute approximate surface area is 187 Å². The lowest BCUT2D eigenvalue weighted by Crippen LogP contribution is -2.31. The third-order valence-electron chi connectivity index (χ3n) is 4.97. The first kappa shape index (κ1) is 22.8. The molecule has 0 radical (unpaired) electrons. The van der Waals surface area contributed by atoms with Gasteiger partial charge in [-0.25, -0.2) is 0 Å². The molecule has 1 heterocycles. The highest BCUT2D eigenvalue weighted by atomic mass is 35.5. The molecule has 1 saturated heterocycles. The average Bonchev–Trinajstić information content (AvgIpc) is 2.99. The SMILES string of the molecule is COCCCN1C(=O)C(=O)/C(=C(\O)c2ccc(Cl)cc2)C1c1ccc(OC(C)C)cc1. The molecule has 6 nitrogen and oxygen atoms in total. The second-order valence-corrected chi connectivity index (χ2v) is 8.02. The van der Waals surface area contributed by atoms with Crippen molar-refractivity contribution in [3.63, 3.8) is 0 Å². The van der Waals surface area contributed by atoms with E-state index in [0.29, 0.717) is 41.5 Å². The summed E-state index contributed by atoms with van der Waals surface area (Å²) in [5.74, 6) is -0.888. The number of hydrogen-bond acceptors (Lipinski definition) is 5. The van der Waals surface area contributed by atoms with Gasteiger partial charge in [0.2, 0.25) is 0 Å². The van der Waals surface area contributed by atoms with Crippen LogP contribution in [0.15, 0.2) is 54.1 Å². The number of benzene rings is 2. The Morgan fingerprint density at radius 1 is 1.10 bits per heavy atom. The maximum Gasteiger partial charge on any atom is 0.295 e. The third-order valence-corrected chi connectivity index (χ3v) is 5.22. The van der Waals surface area contributed by atoms with Gasteiger partial charge in [-0.15, -0.1) is 0 Å². The minimum Gasteiger partial charge on any atom is -0.507 e. The summed E-state index contributed by atoms with van der Waals surface area (Å²) in [4.78, 5) is 27.3. The molecule has 0 aromatic heterocycles. The Morgan fingerprint density at radius 2 is 1.74 bits per heavy atom. The van der Waals surface area contributed by atoms with Crippen molar-refractivity contribution in [2.24, 2.45) is 0 Å². The monoisotopic (exact) mass is 443 g/mol. The van der Waals surface area contributed by atoms with Crippen LogP contribution in [-0.2, 0) is 14.3 Å². The molecule has 1 N–H and O–H groups in total. The number of likely N-dealkylation sites (tertiary alicyclic amines) is 1. The predicted octanol–water partition coefficient (Wildman–Crippen LogP) is 4.59. The van der Waals surface area contributed by atoms with Gasteiger partial charge < -0.3 is 19.5 Å². The number of ether oxygens (including phenoxy) is 2. The van der Waals surface area contributed by atoms with Crippen molar-refractivity contribution >= 4 is 29.1 Å². The summed E-state index contributed by atoms with van der Waals surface area (Å²) in [5.41, 5.74) is 1.19. The number of hydrogen-bond donors (Lipinski definition) is 1. The number of carbonyl (C=O) groups excluding carboxylic acids is 2. The van der Waals surface area contributed by atoms with Crippen LogP contribution >= 0.6 is 11.6 Å². The molecule has 1 atom stereocenters. The molecule has 1 aliphatic heterocycles. The van der Waals surface area contributed by atoms with Crippen LogP contribution in [0.2, 0.25) is 5.02 Å². The molecule has 1 amide bonds. The maximum atomic E-state index is 12.9. The Kier molecular flexibility index (Phi) is 7.36. The molecule has 3 rings (SSSR count). The fraction of sp³-hybridized carbons (Fsp3) is 0.333. The molecule has 1 aliphatic rings. The van der Waals surface area contributed by atoms with Crippen LogP contribution < -0.4 is 4.74 Å². The van der Waals surface area contributed by atoms with Gasteiger partial charge in [0.05, 0.1) is 17.7 Å². The van der Waals surface area contributed by atoms with Gasteiger partial charge in [-0.2, -0.15) is 0 Å². The van der Waals surface area contributed by atoms with Crippen LogP contribution in [0.3, 0.4) is 0 Å². The van der Waals surface area contributed by atoms with E-state index in [1.54, 1.807) is 43.5 Å². The molecule has 2 aromatic rings. The van der Waals surface area contributed by atoms with E-state index in [1.807, 2.05) is 26.0 Å². The molecule has 0 spiro atoms. The number of carbonyl (C=O) groups is 2. The van der Waals surface area contributed by atoms with Gasteiger partial charge >= 0.3 is 0 Å². The second kappa shape index (κ2) is 9.98. The zero-order chi connectivity index (χ0) is 22.5. The number of aliphatic hydroxyl groups is 1. The van der Waals surface area contributed by atoms with Crippen molar-refractivity contribution in [3.05, 3.63) is 70.3 Å². The first-order chi connectivity index (χ1) is 14.8. The van der Waals surface area contributed by atoms with Gasteiger partial charge in [0.15, 0.2) is 0 Å². The molecular formula is C24H26ClNO5. The van der Waals surface area contributed by atoms with E-state index < -0.39 is 17.7 Å². The van der Waals surface area contributed by atoms with Crippen molar-refractivity contribution in [2.75, 3.05) is 20.3 Å². The van der Waals surface area contributed by atoms with E-state index in [0.717, 1.165) is 0 Å². The van der Waals surface area contributed by atoms with Gasteiger partial charge in [0.25, 0.3) is 11.7 Å². The topological polar surface area (TPSA) is 76.1 Å². The molecule has 1 fully saturated rings. The van der Waals surface area contributed by atoms with Crippen LogP contribution in [0.25, 0.3) is 5.76 Å². The van der Waals surface area contributed by atoms with E-state index in [2.05, 4.69) is 0 Å². The lowest BCUT2D eigenvalue weighted by atomic mass is 9.95. The normalized spacial score (nSPS) is 18.1. The number of methoxy groups -OCH3 is 1. The molecule has 0 aliphatic carbocycles. The molecule has 7 heteroatoms. The number of halogens is 1. The lowest BCUT2D eigenvalue weighted by molar-refractivity contribution is -0.140. The fourth-order valence-electron chi connectivity index (χ4n) is 3.60. The van der Waals surface area contributed by atoms with Crippen molar-refractivity contribution in [2.45, 2.75) is 32.4 Å². The summed E-state index contributed by atoms with van der Waals surface area (Å²) < 4.78 is 10.8. The summed E-state index contributed by atoms with van der Waals surface area (Å²) in [5, 5.41) is 11.5. The summed E-state index contributed by atoms with van der Waals surface area (Å²) in [6.07, 6.45) is 0.589. The van der Waals surface area contributed by atoms with E-state index in [4.69, 9.17) is 21.1 Å². The van der Waals surface area contributed by atoms with E-state index >= 15 is 0 Å². The fourth-order valence-corrected chi connectivity index (χ4v) is 3.73. The largest absolute Gasteiger partial charge is 0.507 e. The maximum absolute atomic E-state index is 12.9. The molecule has 1 unspecified atom stereocenters. The van der Waals surface area contributed by atoms with Crippen molar-refractivity contribution in [3.8, 4) is 5.75 Å². The van der Waals surface area contributed by atoms with Gasteiger partial charge in [0.1, 0.15) is 11.5 Å². The van der Waals surface area contributed by atoms with Crippen molar-refractivity contribution in [1.82, 2.24) is 4.90 Å². The standard InChI is InChI=1S/C24H26ClNO5/c1-15(2)31-19-11-7-16(8-12-19)21-20(22(27)17-5-9-18(25)10-6-17)23(28)24(29)26(21)13-4-14-30-3/h5-12,15,21,27H,4,13-14H2,1-3H3/b22-20-. The van der Waals surface area contributed by atoms with Crippen LogP contribution in [0.5, 0.6) is 5.75 Å². The summed E-state index contributed by atoms with van der Waals surface area (Å²) >= 11 is 5.95. The quantitative estimate of drug-likeness (QED) is 0.279. The first-order valence-corrected chi connectivity index (χ1v) is 10.5. The summed E-state index contributed by atoms with van der Waals surface area (Å²) in [6.45, 7) is 4.65. The highest BCUT2D eigenvalue weighted by molar-refractivity contribution is 6.46. The minimum absolute atomic E-state index is 0.0236. The van der Waals surface area contributed by atoms with Gasteiger partial charge in [-0.3, -0.25) is 9.59 Å². The number of Topliss-reactive ketones (excluding diaryl/α,β-unsaturated/α-hetero) is 1. The summed E-state index contributed by atoms with van der Waals surface area (Å²) in [6, 6.07) is 13.0. The first-order valence-electron chi connectivity index (χ1n) is 10.1. The van der Waals surface area contributed by atoms with Crippen molar-refractivity contribution in [1.29, 1.82) is 0 Å². The number of amides is 1. The van der Waals surface area contributed by atoms with Gasteiger partial charge in [-0.1, -0.05) is 23.7 Å². The number of ketones is 1. The lowest BCUT2D eigenvalue weighted by Gasteiger charge is -2.25. The van der Waals surface area contributed by atoms with Crippen LogP contribution in [0, 0.1) is 0 Å². The molecule has 164 valence electrons. The molecule has 2 aromatic carbocycles. The minimum atomic E-state index is -0.711. The molecule has 0 saturated carbocycles. The van der Waals surface area contributed by atoms with E-state index in [-0.39, 0.29) is 17.4 Å². The highest BCUT2D eigenvalue weighted by Gasteiger charge is 2.45. The zero-order valence-corrected chi connectivity index (χ0v) is 18.6. The highest BCUT2D eigenvalue weighted by Crippen LogP contribution is 2.40. The average molecular weight is 444 g/mol. The Hall–Kier alpha value is -2.83. The third kappa shape index (κ3) is 5.09. The number of nitrogens with zero attached hydrogens (tertiary/aromatic N) is 1. The Balaban J connectivity index is 2.06. The second-order valence-electron chi connectivity index (χ2n) is 7.58. The van der Waals surface area contributed by atoms with Crippen LogP contribution in [0.1, 0.15) is 37.4 Å². The molecule has 31 heavy (non-hydrogen) atoms. The van der Waals surface area contributed by atoms with E-state index in [9.17, 15) is 14.7 Å². The zero-order valence-electron chi connectivity index (χ0n) is 17.8. The number of rotatable bonds is 8. The van der Waals surface area contributed by atoms with Crippen molar-refractivity contribution < 1.29 is 24.2 Å². The van der Waals surface area contributed by atoms with Crippen LogP contribution in [0.4, 0.5) is 0 Å². The van der Waals surface area contributed by atoms with Gasteiger partial charge in [0, 0.05) is 30.8 Å². The smallest absolute Gasteiger partial charge is 0.295 e. The Morgan fingerprint density at radius 3 is 2.32 bits per heavy atom.